The number of aromatic nitrogens is 1. The van der Waals surface area contributed by atoms with Crippen LogP contribution >= 0.6 is 27.5 Å². The van der Waals surface area contributed by atoms with Gasteiger partial charge in [0.2, 0.25) is 11.8 Å². The van der Waals surface area contributed by atoms with Gasteiger partial charge >= 0.3 is 0 Å². The summed E-state index contributed by atoms with van der Waals surface area (Å²) in [7, 11) is 1.57. The maximum absolute atomic E-state index is 12.6. The van der Waals surface area contributed by atoms with Gasteiger partial charge in [-0.1, -0.05) is 11.6 Å². The van der Waals surface area contributed by atoms with Crippen molar-refractivity contribution in [3.8, 4) is 5.75 Å². The van der Waals surface area contributed by atoms with Crippen molar-refractivity contribution in [3.63, 3.8) is 0 Å². The molecule has 1 aliphatic heterocycles. The third-order valence-electron chi connectivity index (χ3n) is 4.68. The van der Waals surface area contributed by atoms with E-state index in [2.05, 4.69) is 26.2 Å². The Balaban J connectivity index is 1.62. The summed E-state index contributed by atoms with van der Waals surface area (Å²) in [6.07, 6.45) is 6.30. The lowest BCUT2D eigenvalue weighted by Crippen LogP contribution is -2.43. The van der Waals surface area contributed by atoms with Crippen LogP contribution in [-0.4, -0.2) is 41.9 Å². The zero-order valence-electron chi connectivity index (χ0n) is 15.9. The number of carbonyl (C=O) groups excluding carboxylic acids is 2. The molecule has 1 unspecified atom stereocenters. The van der Waals surface area contributed by atoms with E-state index < -0.39 is 0 Å². The quantitative estimate of drug-likeness (QED) is 0.647. The number of hydrogen-bond donors (Lipinski definition) is 1. The highest BCUT2D eigenvalue weighted by Crippen LogP contribution is 2.24. The monoisotopic (exact) mass is 477 g/mol. The van der Waals surface area contributed by atoms with Crippen LogP contribution in [0, 0.1) is 5.92 Å². The number of rotatable bonds is 5. The Bertz CT molecular complexity index is 918. The van der Waals surface area contributed by atoms with E-state index in [-0.39, 0.29) is 17.7 Å². The number of anilines is 1. The normalized spacial score (nSPS) is 16.7. The van der Waals surface area contributed by atoms with Gasteiger partial charge in [0.1, 0.15) is 11.6 Å². The standard InChI is InChI=1S/C21H21BrClN3O3/c1-29-18-7-6-17(23)11-14(18)4-9-20(27)26-10-2-3-15(13-26)21(28)25-19-8-5-16(22)12-24-19/h4-9,11-12,15H,2-3,10,13H2,1H3,(H,24,25,28)/b9-4+. The van der Waals surface area contributed by atoms with Crippen molar-refractivity contribution in [2.24, 2.45) is 5.92 Å². The summed E-state index contributed by atoms with van der Waals surface area (Å²) in [6.45, 7) is 0.994. The molecule has 1 aliphatic rings. The number of carbonyl (C=O) groups is 2. The molecule has 1 fully saturated rings. The van der Waals surface area contributed by atoms with Crippen molar-refractivity contribution in [2.75, 3.05) is 25.5 Å². The van der Waals surface area contributed by atoms with Crippen molar-refractivity contribution >= 4 is 51.2 Å². The van der Waals surface area contributed by atoms with Gasteiger partial charge in [-0.25, -0.2) is 4.98 Å². The number of methoxy groups -OCH3 is 1. The largest absolute Gasteiger partial charge is 0.496 e. The summed E-state index contributed by atoms with van der Waals surface area (Å²) in [4.78, 5) is 31.1. The van der Waals surface area contributed by atoms with Crippen LogP contribution in [0.1, 0.15) is 18.4 Å². The zero-order chi connectivity index (χ0) is 20.8. The molecule has 1 atom stereocenters. The zero-order valence-corrected chi connectivity index (χ0v) is 18.2. The molecule has 2 amide bonds. The second kappa shape index (κ2) is 9.89. The third kappa shape index (κ3) is 5.81. The Hall–Kier alpha value is -2.38. The minimum Gasteiger partial charge on any atom is -0.496 e. The van der Waals surface area contributed by atoms with Gasteiger partial charge in [-0.15, -0.1) is 0 Å². The lowest BCUT2D eigenvalue weighted by molar-refractivity contribution is -0.130. The highest BCUT2D eigenvalue weighted by Gasteiger charge is 2.27. The molecule has 0 saturated carbocycles. The first-order chi connectivity index (χ1) is 14.0. The van der Waals surface area contributed by atoms with E-state index >= 15 is 0 Å². The van der Waals surface area contributed by atoms with Gasteiger partial charge < -0.3 is 15.0 Å². The van der Waals surface area contributed by atoms with Crippen molar-refractivity contribution in [1.82, 2.24) is 9.88 Å². The number of pyridine rings is 1. The van der Waals surface area contributed by atoms with Crippen LogP contribution in [-0.2, 0) is 9.59 Å². The lowest BCUT2D eigenvalue weighted by atomic mass is 9.97. The maximum atomic E-state index is 12.6. The van der Waals surface area contributed by atoms with Crippen LogP contribution in [0.5, 0.6) is 5.75 Å². The summed E-state index contributed by atoms with van der Waals surface area (Å²) in [6, 6.07) is 8.77. The number of nitrogens with one attached hydrogen (secondary N) is 1. The van der Waals surface area contributed by atoms with E-state index in [9.17, 15) is 9.59 Å². The SMILES string of the molecule is COc1ccc(Cl)cc1/C=C/C(=O)N1CCCC(C(=O)Nc2ccc(Br)cn2)C1. The second-order valence-electron chi connectivity index (χ2n) is 6.69. The van der Waals surface area contributed by atoms with E-state index in [1.165, 1.54) is 6.08 Å². The van der Waals surface area contributed by atoms with Crippen LogP contribution in [0.3, 0.4) is 0 Å². The molecule has 1 N–H and O–H groups in total. The first kappa shape index (κ1) is 21.3. The molecule has 29 heavy (non-hydrogen) atoms. The molecule has 1 aromatic carbocycles. The number of halogens is 2. The number of hydrogen-bond acceptors (Lipinski definition) is 4. The molecule has 3 rings (SSSR count). The molecule has 0 bridgehead atoms. The first-order valence-electron chi connectivity index (χ1n) is 9.19. The van der Waals surface area contributed by atoms with Gasteiger partial charge in [-0.05, 0) is 65.2 Å². The predicted molar refractivity (Wildman–Crippen MR) is 117 cm³/mol. The fraction of sp³-hybridized carbons (Fsp3) is 0.286. The van der Waals surface area contributed by atoms with Gasteiger partial charge in [0.15, 0.2) is 0 Å². The van der Waals surface area contributed by atoms with E-state index in [0.717, 1.165) is 22.9 Å². The molecular weight excluding hydrogens is 458 g/mol. The molecule has 0 radical (unpaired) electrons. The summed E-state index contributed by atoms with van der Waals surface area (Å²) in [5.74, 6) is 0.585. The van der Waals surface area contributed by atoms with Crippen molar-refractivity contribution in [3.05, 3.63) is 57.7 Å². The van der Waals surface area contributed by atoms with Crippen LogP contribution in [0.15, 0.2) is 47.1 Å². The molecular formula is C21H21BrClN3O3. The van der Waals surface area contributed by atoms with Gasteiger partial charge in [-0.3, -0.25) is 9.59 Å². The average molecular weight is 479 g/mol. The molecule has 0 spiro atoms. The summed E-state index contributed by atoms with van der Waals surface area (Å²) < 4.78 is 6.13. The Morgan fingerprint density at radius 2 is 2.17 bits per heavy atom. The average Bonchev–Trinajstić information content (AvgIpc) is 2.73. The summed E-state index contributed by atoms with van der Waals surface area (Å²) >= 11 is 9.35. The van der Waals surface area contributed by atoms with E-state index in [1.807, 2.05) is 6.07 Å². The number of ether oxygens (including phenoxy) is 1. The van der Waals surface area contributed by atoms with Gasteiger partial charge in [0, 0.05) is 40.4 Å². The van der Waals surface area contributed by atoms with Gasteiger partial charge in [0.05, 0.1) is 13.0 Å². The highest BCUT2D eigenvalue weighted by molar-refractivity contribution is 9.10. The van der Waals surface area contributed by atoms with E-state index in [4.69, 9.17) is 16.3 Å². The summed E-state index contributed by atoms with van der Waals surface area (Å²) in [5, 5.41) is 3.38. The number of likely N-dealkylation sites (tertiary alicyclic amines) is 1. The van der Waals surface area contributed by atoms with E-state index in [1.54, 1.807) is 48.5 Å². The van der Waals surface area contributed by atoms with Crippen molar-refractivity contribution in [2.45, 2.75) is 12.8 Å². The fourth-order valence-electron chi connectivity index (χ4n) is 3.17. The minimum atomic E-state index is -0.271. The Morgan fingerprint density at radius 1 is 1.34 bits per heavy atom. The topological polar surface area (TPSA) is 71.5 Å². The molecule has 0 aliphatic carbocycles. The number of amides is 2. The molecule has 1 saturated heterocycles. The van der Waals surface area contributed by atoms with Crippen molar-refractivity contribution in [1.29, 1.82) is 0 Å². The molecule has 1 aromatic heterocycles. The van der Waals surface area contributed by atoms with Crippen LogP contribution in [0.25, 0.3) is 6.08 Å². The Morgan fingerprint density at radius 3 is 2.90 bits per heavy atom. The van der Waals surface area contributed by atoms with Gasteiger partial charge in [0.25, 0.3) is 0 Å². The number of piperidine rings is 1. The molecule has 152 valence electrons. The second-order valence-corrected chi connectivity index (χ2v) is 8.05. The fourth-order valence-corrected chi connectivity index (χ4v) is 3.59. The predicted octanol–water partition coefficient (Wildman–Crippen LogP) is 4.40. The highest BCUT2D eigenvalue weighted by atomic mass is 79.9. The van der Waals surface area contributed by atoms with Crippen LogP contribution in [0.2, 0.25) is 5.02 Å². The third-order valence-corrected chi connectivity index (χ3v) is 5.38. The first-order valence-corrected chi connectivity index (χ1v) is 10.4. The van der Waals surface area contributed by atoms with Crippen LogP contribution in [0.4, 0.5) is 5.82 Å². The van der Waals surface area contributed by atoms with Crippen LogP contribution < -0.4 is 10.1 Å². The lowest BCUT2D eigenvalue weighted by Gasteiger charge is -2.31. The maximum Gasteiger partial charge on any atom is 0.246 e. The smallest absolute Gasteiger partial charge is 0.246 e. The molecule has 2 aromatic rings. The van der Waals surface area contributed by atoms with Crippen molar-refractivity contribution < 1.29 is 14.3 Å². The minimum absolute atomic E-state index is 0.127. The number of benzene rings is 1. The molecule has 8 heteroatoms. The molecule has 2 heterocycles. The number of nitrogens with zero attached hydrogens (tertiary/aromatic N) is 2. The Labute approximate surface area is 183 Å². The van der Waals surface area contributed by atoms with Gasteiger partial charge in [-0.2, -0.15) is 0 Å². The molecule has 6 nitrogen and oxygen atoms in total. The Kier molecular flexibility index (Phi) is 7.28. The van der Waals surface area contributed by atoms with E-state index in [0.29, 0.717) is 29.7 Å². The summed E-state index contributed by atoms with van der Waals surface area (Å²) in [5.41, 5.74) is 0.723.